The first-order valence-corrected chi connectivity index (χ1v) is 10.6. The molecular formula is C26H25N3O3. The summed E-state index contributed by atoms with van der Waals surface area (Å²) in [5, 5.41) is 11.4. The lowest BCUT2D eigenvalue weighted by Gasteiger charge is -2.20. The molecule has 3 aromatic carbocycles. The number of carbonyl (C=O) groups is 1. The third kappa shape index (κ3) is 4.54. The first-order chi connectivity index (χ1) is 15.6. The molecule has 0 aliphatic carbocycles. The van der Waals surface area contributed by atoms with Crippen molar-refractivity contribution < 1.29 is 13.9 Å². The van der Waals surface area contributed by atoms with E-state index in [0.29, 0.717) is 29.5 Å². The van der Waals surface area contributed by atoms with Crippen molar-refractivity contribution in [2.75, 3.05) is 5.32 Å². The number of nitrogens with zero attached hydrogens (tertiary/aromatic N) is 2. The van der Waals surface area contributed by atoms with Gasteiger partial charge in [0.15, 0.2) is 6.10 Å². The summed E-state index contributed by atoms with van der Waals surface area (Å²) in [6.45, 7) is 5.86. The second-order valence-corrected chi connectivity index (χ2v) is 7.55. The van der Waals surface area contributed by atoms with E-state index in [9.17, 15) is 4.79 Å². The summed E-state index contributed by atoms with van der Waals surface area (Å²) in [5.74, 6) is 1.08. The Balaban J connectivity index is 1.57. The molecule has 0 aliphatic heterocycles. The number of carbonyl (C=O) groups excluding carboxylic acids is 1. The van der Waals surface area contributed by atoms with E-state index in [1.165, 1.54) is 0 Å². The normalized spacial score (nSPS) is 11.7. The van der Waals surface area contributed by atoms with Crippen LogP contribution in [0.3, 0.4) is 0 Å². The van der Waals surface area contributed by atoms with E-state index in [0.717, 1.165) is 22.4 Å². The zero-order valence-corrected chi connectivity index (χ0v) is 18.3. The maximum atomic E-state index is 13.0. The highest BCUT2D eigenvalue weighted by molar-refractivity contribution is 5.95. The van der Waals surface area contributed by atoms with Gasteiger partial charge in [-0.05, 0) is 55.7 Å². The maximum Gasteiger partial charge on any atom is 0.265 e. The van der Waals surface area contributed by atoms with Gasteiger partial charge in [0.2, 0.25) is 5.89 Å². The summed E-state index contributed by atoms with van der Waals surface area (Å²) in [4.78, 5) is 13.0. The van der Waals surface area contributed by atoms with E-state index in [1.54, 1.807) is 6.07 Å². The summed E-state index contributed by atoms with van der Waals surface area (Å²) in [6.07, 6.45) is -0.170. The molecule has 6 heteroatoms. The number of amides is 1. The molecule has 1 aromatic heterocycles. The maximum absolute atomic E-state index is 13.0. The molecule has 0 unspecified atom stereocenters. The zero-order valence-electron chi connectivity index (χ0n) is 18.3. The van der Waals surface area contributed by atoms with E-state index in [4.69, 9.17) is 9.15 Å². The fourth-order valence-corrected chi connectivity index (χ4v) is 3.47. The average Bonchev–Trinajstić information content (AvgIpc) is 3.31. The van der Waals surface area contributed by atoms with E-state index in [-0.39, 0.29) is 5.91 Å². The molecule has 0 fully saturated rings. The molecule has 0 aliphatic rings. The smallest absolute Gasteiger partial charge is 0.265 e. The van der Waals surface area contributed by atoms with Gasteiger partial charge in [0.05, 0.1) is 5.56 Å². The lowest BCUT2D eigenvalue weighted by molar-refractivity contribution is -0.122. The molecule has 1 atom stereocenters. The van der Waals surface area contributed by atoms with Gasteiger partial charge in [-0.1, -0.05) is 55.5 Å². The monoisotopic (exact) mass is 427 g/mol. The highest BCUT2D eigenvalue weighted by Crippen LogP contribution is 2.32. The Morgan fingerprint density at radius 2 is 1.56 bits per heavy atom. The van der Waals surface area contributed by atoms with Crippen molar-refractivity contribution in [1.82, 2.24) is 10.2 Å². The highest BCUT2D eigenvalue weighted by atomic mass is 16.5. The van der Waals surface area contributed by atoms with Crippen molar-refractivity contribution in [3.05, 3.63) is 83.9 Å². The number of ether oxygens (including phenoxy) is 1. The number of aromatic nitrogens is 2. The number of benzene rings is 3. The average molecular weight is 428 g/mol. The van der Waals surface area contributed by atoms with E-state index >= 15 is 0 Å². The molecule has 0 saturated heterocycles. The summed E-state index contributed by atoms with van der Waals surface area (Å²) >= 11 is 0. The highest BCUT2D eigenvalue weighted by Gasteiger charge is 2.23. The van der Waals surface area contributed by atoms with Crippen molar-refractivity contribution in [2.24, 2.45) is 0 Å². The van der Waals surface area contributed by atoms with Gasteiger partial charge in [-0.3, -0.25) is 4.79 Å². The summed E-state index contributed by atoms with van der Waals surface area (Å²) < 4.78 is 12.0. The van der Waals surface area contributed by atoms with Gasteiger partial charge in [0.1, 0.15) is 5.75 Å². The Morgan fingerprint density at radius 3 is 2.28 bits per heavy atom. The molecule has 1 amide bonds. The molecule has 162 valence electrons. The number of para-hydroxylation sites is 2. The van der Waals surface area contributed by atoms with Crippen LogP contribution in [0.4, 0.5) is 5.69 Å². The minimum atomic E-state index is -0.674. The molecule has 4 rings (SSSR count). The molecular weight excluding hydrogens is 402 g/mol. The van der Waals surface area contributed by atoms with Crippen LogP contribution in [-0.2, 0) is 4.79 Å². The van der Waals surface area contributed by atoms with Gasteiger partial charge in [-0.25, -0.2) is 0 Å². The van der Waals surface area contributed by atoms with Crippen LogP contribution < -0.4 is 10.1 Å². The molecule has 0 saturated carbocycles. The van der Waals surface area contributed by atoms with Crippen molar-refractivity contribution >= 4 is 11.6 Å². The molecule has 4 aromatic rings. The standard InChI is InChI=1S/C26H25N3O3/c1-4-21(24(30)27-23-17(2)11-10-12-18(23)3)31-22-16-9-8-15-20(22)26-29-28-25(32-26)19-13-6-5-7-14-19/h5-16,21H,4H2,1-3H3,(H,27,30)/t21-/m1/s1. The molecule has 32 heavy (non-hydrogen) atoms. The number of hydrogen-bond donors (Lipinski definition) is 1. The van der Waals surface area contributed by atoms with E-state index in [2.05, 4.69) is 15.5 Å². The molecule has 1 N–H and O–H groups in total. The van der Waals surface area contributed by atoms with Crippen molar-refractivity contribution in [3.63, 3.8) is 0 Å². The number of rotatable bonds is 7. The van der Waals surface area contributed by atoms with Gasteiger partial charge in [0, 0.05) is 11.3 Å². The lowest BCUT2D eigenvalue weighted by Crippen LogP contribution is -2.33. The Kier molecular flexibility index (Phi) is 6.31. The van der Waals surface area contributed by atoms with Gasteiger partial charge in [-0.2, -0.15) is 0 Å². The fraction of sp³-hybridized carbons (Fsp3) is 0.192. The SMILES string of the molecule is CC[C@@H](Oc1ccccc1-c1nnc(-c2ccccc2)o1)C(=O)Nc1c(C)cccc1C. The number of aryl methyl sites for hydroxylation is 2. The van der Waals surface area contributed by atoms with Gasteiger partial charge < -0.3 is 14.5 Å². The topological polar surface area (TPSA) is 77.2 Å². The number of hydrogen-bond acceptors (Lipinski definition) is 5. The fourth-order valence-electron chi connectivity index (χ4n) is 3.47. The number of anilines is 1. The molecule has 0 bridgehead atoms. The van der Waals surface area contributed by atoms with Crippen LogP contribution in [0.15, 0.2) is 77.2 Å². The quantitative estimate of drug-likeness (QED) is 0.402. The minimum Gasteiger partial charge on any atom is -0.480 e. The first kappa shape index (κ1) is 21.3. The van der Waals surface area contributed by atoms with Crippen molar-refractivity contribution in [1.29, 1.82) is 0 Å². The van der Waals surface area contributed by atoms with Crippen LogP contribution in [0.25, 0.3) is 22.9 Å². The Morgan fingerprint density at radius 1 is 0.906 bits per heavy atom. The summed E-state index contributed by atoms with van der Waals surface area (Å²) in [7, 11) is 0. The van der Waals surface area contributed by atoms with E-state index in [1.807, 2.05) is 87.5 Å². The molecule has 1 heterocycles. The van der Waals surface area contributed by atoms with Gasteiger partial charge in [0.25, 0.3) is 11.8 Å². The van der Waals surface area contributed by atoms with Crippen LogP contribution in [0.1, 0.15) is 24.5 Å². The molecule has 6 nitrogen and oxygen atoms in total. The van der Waals surface area contributed by atoms with Crippen molar-refractivity contribution in [3.8, 4) is 28.7 Å². The Bertz CT molecular complexity index is 1200. The van der Waals surface area contributed by atoms with Crippen LogP contribution >= 0.6 is 0 Å². The molecule has 0 spiro atoms. The predicted molar refractivity (Wildman–Crippen MR) is 124 cm³/mol. The third-order valence-electron chi connectivity index (χ3n) is 5.22. The summed E-state index contributed by atoms with van der Waals surface area (Å²) in [6, 6.07) is 22.8. The van der Waals surface area contributed by atoms with Crippen LogP contribution in [0, 0.1) is 13.8 Å². The third-order valence-corrected chi connectivity index (χ3v) is 5.22. The molecule has 0 radical (unpaired) electrons. The van der Waals surface area contributed by atoms with E-state index < -0.39 is 6.10 Å². The lowest BCUT2D eigenvalue weighted by atomic mass is 10.1. The number of nitrogens with one attached hydrogen (secondary N) is 1. The van der Waals surface area contributed by atoms with Crippen LogP contribution in [0.2, 0.25) is 0 Å². The summed E-state index contributed by atoms with van der Waals surface area (Å²) in [5.41, 5.74) is 4.31. The second kappa shape index (κ2) is 9.47. The predicted octanol–water partition coefficient (Wildman–Crippen LogP) is 5.82. The van der Waals surface area contributed by atoms with Crippen molar-refractivity contribution in [2.45, 2.75) is 33.3 Å². The Labute approximate surface area is 187 Å². The van der Waals surface area contributed by atoms with Crippen LogP contribution in [0.5, 0.6) is 5.75 Å². The Hall–Kier alpha value is -3.93. The van der Waals surface area contributed by atoms with Gasteiger partial charge >= 0.3 is 0 Å². The second-order valence-electron chi connectivity index (χ2n) is 7.55. The first-order valence-electron chi connectivity index (χ1n) is 10.6. The van der Waals surface area contributed by atoms with Crippen LogP contribution in [-0.4, -0.2) is 22.2 Å². The van der Waals surface area contributed by atoms with Gasteiger partial charge in [-0.15, -0.1) is 10.2 Å². The largest absolute Gasteiger partial charge is 0.480 e. The minimum absolute atomic E-state index is 0.199. The zero-order chi connectivity index (χ0) is 22.5.